The number of aliphatic hydroxyl groups is 1. The predicted molar refractivity (Wildman–Crippen MR) is 74.5 cm³/mol. The van der Waals surface area contributed by atoms with E-state index in [4.69, 9.17) is 5.11 Å². The second-order valence-electron chi connectivity index (χ2n) is 4.41. The minimum atomic E-state index is -0.0862. The van der Waals surface area contributed by atoms with Crippen LogP contribution in [0.2, 0.25) is 0 Å². The van der Waals surface area contributed by atoms with Crippen LogP contribution in [0.4, 0.5) is 4.79 Å². The summed E-state index contributed by atoms with van der Waals surface area (Å²) in [5, 5.41) is 12.0. The Morgan fingerprint density at radius 2 is 1.83 bits per heavy atom. The highest BCUT2D eigenvalue weighted by molar-refractivity contribution is 5.74. The van der Waals surface area contributed by atoms with Crippen molar-refractivity contribution in [2.24, 2.45) is 0 Å². The number of carbonyl (C=O) groups is 1. The molecule has 18 heavy (non-hydrogen) atoms. The van der Waals surface area contributed by atoms with Gasteiger partial charge in [0.25, 0.3) is 0 Å². The standard InChI is InChI=1S/C13H29N3O2/c1-5-8-9-16(10-11-17)13(18)14-12(4)15(6-2)7-3/h12,17H,5-11H2,1-4H3,(H,14,18). The van der Waals surface area contributed by atoms with E-state index in [1.165, 1.54) is 0 Å². The molecule has 0 saturated heterocycles. The minimum Gasteiger partial charge on any atom is -0.395 e. The summed E-state index contributed by atoms with van der Waals surface area (Å²) < 4.78 is 0. The number of unbranched alkanes of at least 4 members (excludes halogenated alkanes) is 1. The van der Waals surface area contributed by atoms with Gasteiger partial charge >= 0.3 is 6.03 Å². The highest BCUT2D eigenvalue weighted by Crippen LogP contribution is 1.99. The van der Waals surface area contributed by atoms with Gasteiger partial charge in [-0.15, -0.1) is 0 Å². The van der Waals surface area contributed by atoms with Gasteiger partial charge in [0.1, 0.15) is 0 Å². The highest BCUT2D eigenvalue weighted by atomic mass is 16.3. The lowest BCUT2D eigenvalue weighted by Crippen LogP contribution is -2.51. The van der Waals surface area contributed by atoms with Crippen LogP contribution in [0.25, 0.3) is 0 Å². The van der Waals surface area contributed by atoms with Crippen molar-refractivity contribution in [2.45, 2.75) is 46.7 Å². The normalized spacial score (nSPS) is 12.6. The quantitative estimate of drug-likeness (QED) is 0.617. The third-order valence-corrected chi connectivity index (χ3v) is 3.13. The lowest BCUT2D eigenvalue weighted by atomic mass is 10.3. The van der Waals surface area contributed by atoms with Crippen molar-refractivity contribution in [1.82, 2.24) is 15.1 Å². The highest BCUT2D eigenvalue weighted by Gasteiger charge is 2.17. The van der Waals surface area contributed by atoms with Crippen LogP contribution in [0.15, 0.2) is 0 Å². The van der Waals surface area contributed by atoms with Gasteiger partial charge in [0, 0.05) is 13.1 Å². The number of nitrogens with one attached hydrogen (secondary N) is 1. The molecule has 0 aromatic carbocycles. The smallest absolute Gasteiger partial charge is 0.318 e. The van der Waals surface area contributed by atoms with Crippen LogP contribution in [-0.2, 0) is 0 Å². The van der Waals surface area contributed by atoms with Crippen molar-refractivity contribution in [2.75, 3.05) is 32.8 Å². The van der Waals surface area contributed by atoms with E-state index in [2.05, 4.69) is 31.0 Å². The second-order valence-corrected chi connectivity index (χ2v) is 4.41. The van der Waals surface area contributed by atoms with Crippen molar-refractivity contribution in [3.8, 4) is 0 Å². The van der Waals surface area contributed by atoms with Crippen LogP contribution in [0, 0.1) is 0 Å². The van der Waals surface area contributed by atoms with Crippen molar-refractivity contribution in [3.05, 3.63) is 0 Å². The van der Waals surface area contributed by atoms with Crippen molar-refractivity contribution >= 4 is 6.03 Å². The molecule has 0 spiro atoms. The molecule has 5 nitrogen and oxygen atoms in total. The Kier molecular flexibility index (Phi) is 9.69. The summed E-state index contributed by atoms with van der Waals surface area (Å²) in [4.78, 5) is 15.9. The molecule has 2 N–H and O–H groups in total. The molecule has 5 heteroatoms. The first kappa shape index (κ1) is 17.2. The van der Waals surface area contributed by atoms with E-state index in [9.17, 15) is 4.79 Å². The molecule has 0 bridgehead atoms. The summed E-state index contributed by atoms with van der Waals surface area (Å²) in [5.41, 5.74) is 0. The second kappa shape index (κ2) is 10.1. The van der Waals surface area contributed by atoms with E-state index in [1.54, 1.807) is 4.90 Å². The van der Waals surface area contributed by atoms with Gasteiger partial charge < -0.3 is 15.3 Å². The first-order chi connectivity index (χ1) is 8.60. The number of hydrogen-bond donors (Lipinski definition) is 2. The third kappa shape index (κ3) is 6.21. The van der Waals surface area contributed by atoms with Crippen LogP contribution in [0.1, 0.15) is 40.5 Å². The topological polar surface area (TPSA) is 55.8 Å². The maximum atomic E-state index is 12.1. The summed E-state index contributed by atoms with van der Waals surface area (Å²) in [6, 6.07) is -0.0862. The fourth-order valence-corrected chi connectivity index (χ4v) is 1.92. The number of urea groups is 1. The molecule has 0 aromatic rings. The number of aliphatic hydroxyl groups excluding tert-OH is 1. The molecule has 1 unspecified atom stereocenters. The SMILES string of the molecule is CCCCN(CCO)C(=O)NC(C)N(CC)CC. The zero-order chi connectivity index (χ0) is 14.0. The van der Waals surface area contributed by atoms with Crippen LogP contribution in [0.5, 0.6) is 0 Å². The van der Waals surface area contributed by atoms with Gasteiger partial charge in [-0.3, -0.25) is 4.90 Å². The number of amides is 2. The fraction of sp³-hybridized carbons (Fsp3) is 0.923. The predicted octanol–water partition coefficient (Wildman–Crippen LogP) is 1.48. The maximum absolute atomic E-state index is 12.1. The Morgan fingerprint density at radius 1 is 1.22 bits per heavy atom. The minimum absolute atomic E-state index is 0.0107. The van der Waals surface area contributed by atoms with Gasteiger partial charge in [0.05, 0.1) is 12.8 Å². The summed E-state index contributed by atoms with van der Waals surface area (Å²) >= 11 is 0. The van der Waals surface area contributed by atoms with E-state index in [0.29, 0.717) is 13.1 Å². The van der Waals surface area contributed by atoms with E-state index in [1.807, 2.05) is 6.92 Å². The van der Waals surface area contributed by atoms with Crippen LogP contribution in [-0.4, -0.2) is 59.9 Å². The molecule has 0 saturated carbocycles. The molecule has 0 aliphatic heterocycles. The Labute approximate surface area is 111 Å². The largest absolute Gasteiger partial charge is 0.395 e. The van der Waals surface area contributed by atoms with Crippen molar-refractivity contribution in [1.29, 1.82) is 0 Å². The number of carbonyl (C=O) groups excluding carboxylic acids is 1. The number of hydrogen-bond acceptors (Lipinski definition) is 3. The number of rotatable bonds is 9. The molecule has 108 valence electrons. The number of nitrogens with zero attached hydrogens (tertiary/aromatic N) is 2. The molecule has 0 radical (unpaired) electrons. The van der Waals surface area contributed by atoms with Crippen LogP contribution < -0.4 is 5.32 Å². The maximum Gasteiger partial charge on any atom is 0.318 e. The molecule has 0 aliphatic carbocycles. The average molecular weight is 259 g/mol. The van der Waals surface area contributed by atoms with Crippen LogP contribution in [0.3, 0.4) is 0 Å². The monoisotopic (exact) mass is 259 g/mol. The zero-order valence-electron chi connectivity index (χ0n) is 12.3. The van der Waals surface area contributed by atoms with Crippen molar-refractivity contribution < 1.29 is 9.90 Å². The van der Waals surface area contributed by atoms with E-state index in [-0.39, 0.29) is 18.8 Å². The Morgan fingerprint density at radius 3 is 2.28 bits per heavy atom. The lowest BCUT2D eigenvalue weighted by molar-refractivity contribution is 0.150. The third-order valence-electron chi connectivity index (χ3n) is 3.13. The average Bonchev–Trinajstić information content (AvgIpc) is 2.35. The van der Waals surface area contributed by atoms with Gasteiger partial charge in [0.15, 0.2) is 0 Å². The Balaban J connectivity index is 4.30. The lowest BCUT2D eigenvalue weighted by Gasteiger charge is -2.30. The van der Waals surface area contributed by atoms with Crippen molar-refractivity contribution in [3.63, 3.8) is 0 Å². The molecule has 0 heterocycles. The van der Waals surface area contributed by atoms with E-state index in [0.717, 1.165) is 25.9 Å². The Bertz CT molecular complexity index is 220. The molecular weight excluding hydrogens is 230 g/mol. The molecule has 2 amide bonds. The fourth-order valence-electron chi connectivity index (χ4n) is 1.92. The summed E-state index contributed by atoms with van der Waals surface area (Å²) in [6.07, 6.45) is 2.03. The van der Waals surface area contributed by atoms with Gasteiger partial charge in [-0.2, -0.15) is 0 Å². The summed E-state index contributed by atoms with van der Waals surface area (Å²) in [7, 11) is 0. The molecule has 0 aromatic heterocycles. The first-order valence-electron chi connectivity index (χ1n) is 7.00. The first-order valence-corrected chi connectivity index (χ1v) is 7.00. The summed E-state index contributed by atoms with van der Waals surface area (Å²) in [5.74, 6) is 0. The molecular formula is C13H29N3O2. The molecule has 0 rings (SSSR count). The van der Waals surface area contributed by atoms with Gasteiger partial charge in [-0.05, 0) is 26.4 Å². The van der Waals surface area contributed by atoms with Gasteiger partial charge in [-0.1, -0.05) is 27.2 Å². The van der Waals surface area contributed by atoms with Gasteiger partial charge in [-0.25, -0.2) is 4.79 Å². The van der Waals surface area contributed by atoms with E-state index >= 15 is 0 Å². The Hall–Kier alpha value is -0.810. The molecule has 1 atom stereocenters. The zero-order valence-corrected chi connectivity index (χ0v) is 12.3. The van der Waals surface area contributed by atoms with Crippen LogP contribution >= 0.6 is 0 Å². The molecule has 0 fully saturated rings. The van der Waals surface area contributed by atoms with Gasteiger partial charge in [0.2, 0.25) is 0 Å². The summed E-state index contributed by atoms with van der Waals surface area (Å²) in [6.45, 7) is 11.2. The molecule has 0 aliphatic rings. The van der Waals surface area contributed by atoms with E-state index < -0.39 is 0 Å².